The number of aromatic nitrogens is 1. The molecule has 3 aromatic carbocycles. The maximum atomic E-state index is 13.7. The SMILES string of the molecule is CCC(OC(=O)c1c(-c2ccc(Cl)cc2)c2ccccc2c(=O)n1C)C(=O)N1CCCc2ccccc21. The Labute approximate surface area is 220 Å². The van der Waals surface area contributed by atoms with E-state index in [1.165, 1.54) is 4.57 Å². The van der Waals surface area contributed by atoms with Crippen molar-refractivity contribution >= 4 is 39.9 Å². The van der Waals surface area contributed by atoms with Gasteiger partial charge in [-0.2, -0.15) is 0 Å². The number of aryl methyl sites for hydroxylation is 1. The molecule has 6 nitrogen and oxygen atoms in total. The van der Waals surface area contributed by atoms with Gasteiger partial charge in [-0.25, -0.2) is 4.79 Å². The van der Waals surface area contributed by atoms with Gasteiger partial charge in [-0.3, -0.25) is 9.59 Å². The number of ether oxygens (including phenoxy) is 1. The Morgan fingerprint density at radius 1 is 0.973 bits per heavy atom. The molecule has 4 aromatic rings. The first-order valence-corrected chi connectivity index (χ1v) is 12.8. The van der Waals surface area contributed by atoms with Gasteiger partial charge in [0.2, 0.25) is 0 Å². The Balaban J connectivity index is 1.57. The van der Waals surface area contributed by atoms with Crippen LogP contribution >= 0.6 is 11.6 Å². The number of pyridine rings is 1. The molecule has 188 valence electrons. The average molecular weight is 515 g/mol. The second-order valence-electron chi connectivity index (χ2n) is 9.16. The normalized spacial score (nSPS) is 13.8. The first kappa shape index (κ1) is 24.8. The fraction of sp³-hybridized carbons (Fsp3) is 0.233. The summed E-state index contributed by atoms with van der Waals surface area (Å²) in [6.45, 7) is 2.37. The van der Waals surface area contributed by atoms with E-state index in [0.29, 0.717) is 39.9 Å². The van der Waals surface area contributed by atoms with Crippen LogP contribution in [-0.2, 0) is 23.0 Å². The second-order valence-corrected chi connectivity index (χ2v) is 9.60. The Kier molecular flexibility index (Phi) is 6.85. The Bertz CT molecular complexity index is 1560. The van der Waals surface area contributed by atoms with E-state index in [4.69, 9.17) is 16.3 Å². The van der Waals surface area contributed by atoms with E-state index in [1.54, 1.807) is 48.3 Å². The van der Waals surface area contributed by atoms with Crippen molar-refractivity contribution in [3.63, 3.8) is 0 Å². The van der Waals surface area contributed by atoms with Crippen molar-refractivity contribution in [1.82, 2.24) is 4.57 Å². The lowest BCUT2D eigenvalue weighted by Gasteiger charge is -2.32. The molecule has 0 fully saturated rings. The average Bonchev–Trinajstić information content (AvgIpc) is 2.93. The van der Waals surface area contributed by atoms with E-state index in [-0.39, 0.29) is 17.2 Å². The third-order valence-electron chi connectivity index (χ3n) is 6.90. The number of hydrogen-bond acceptors (Lipinski definition) is 4. The van der Waals surface area contributed by atoms with E-state index < -0.39 is 12.1 Å². The van der Waals surface area contributed by atoms with Crippen LogP contribution in [0.3, 0.4) is 0 Å². The highest BCUT2D eigenvalue weighted by Gasteiger charge is 2.32. The molecule has 1 unspecified atom stereocenters. The van der Waals surface area contributed by atoms with Gasteiger partial charge in [0.05, 0.1) is 0 Å². The van der Waals surface area contributed by atoms with Crippen molar-refractivity contribution in [2.45, 2.75) is 32.3 Å². The third-order valence-corrected chi connectivity index (χ3v) is 7.15. The molecule has 1 amide bonds. The zero-order valence-corrected chi connectivity index (χ0v) is 21.5. The number of carbonyl (C=O) groups is 2. The largest absolute Gasteiger partial charge is 0.448 e. The molecular formula is C30H27ClN2O4. The Morgan fingerprint density at radius 3 is 2.38 bits per heavy atom. The molecule has 2 heterocycles. The van der Waals surface area contributed by atoms with E-state index in [9.17, 15) is 14.4 Å². The minimum atomic E-state index is -0.988. The quantitative estimate of drug-likeness (QED) is 0.317. The van der Waals surface area contributed by atoms with E-state index in [2.05, 4.69) is 0 Å². The van der Waals surface area contributed by atoms with Gasteiger partial charge in [0, 0.05) is 35.3 Å². The Hall–Kier alpha value is -3.90. The van der Waals surface area contributed by atoms with Crippen molar-refractivity contribution in [2.24, 2.45) is 7.05 Å². The molecule has 1 aliphatic rings. The number of amides is 1. The molecule has 0 spiro atoms. The number of rotatable bonds is 5. The summed E-state index contributed by atoms with van der Waals surface area (Å²) >= 11 is 6.12. The van der Waals surface area contributed by atoms with E-state index >= 15 is 0 Å². The number of nitrogens with zero attached hydrogens (tertiary/aromatic N) is 2. The summed E-state index contributed by atoms with van der Waals surface area (Å²) in [6, 6.07) is 22.0. The van der Waals surface area contributed by atoms with Crippen LogP contribution < -0.4 is 10.5 Å². The summed E-state index contributed by atoms with van der Waals surface area (Å²) in [4.78, 5) is 42.3. The van der Waals surface area contributed by atoms with Crippen molar-refractivity contribution in [1.29, 1.82) is 0 Å². The molecule has 0 saturated heterocycles. The maximum Gasteiger partial charge on any atom is 0.356 e. The van der Waals surface area contributed by atoms with Crippen LogP contribution in [0.2, 0.25) is 5.02 Å². The standard InChI is InChI=1S/C30H27ClN2O4/c1-3-25(29(35)33-18-8-10-19-9-4-7-13-24(19)33)37-30(36)27-26(20-14-16-21(31)17-15-20)22-11-5-6-12-23(22)28(34)32(27)2/h4-7,9,11-17,25H,3,8,10,18H2,1-2H3. The summed E-state index contributed by atoms with van der Waals surface area (Å²) in [6.07, 6.45) is 1.06. The predicted molar refractivity (Wildman–Crippen MR) is 146 cm³/mol. The Morgan fingerprint density at radius 2 is 1.65 bits per heavy atom. The maximum absolute atomic E-state index is 13.7. The fourth-order valence-corrected chi connectivity index (χ4v) is 5.17. The fourth-order valence-electron chi connectivity index (χ4n) is 5.04. The lowest BCUT2D eigenvalue weighted by atomic mass is 9.96. The lowest BCUT2D eigenvalue weighted by Crippen LogP contribution is -2.44. The van der Waals surface area contributed by atoms with Gasteiger partial charge in [-0.15, -0.1) is 0 Å². The number of benzene rings is 3. The monoisotopic (exact) mass is 514 g/mol. The predicted octanol–water partition coefficient (Wildman–Crippen LogP) is 5.77. The molecular weight excluding hydrogens is 488 g/mol. The third kappa shape index (κ3) is 4.53. The molecule has 7 heteroatoms. The smallest absolute Gasteiger partial charge is 0.356 e. The lowest BCUT2D eigenvalue weighted by molar-refractivity contribution is -0.127. The molecule has 5 rings (SSSR count). The van der Waals surface area contributed by atoms with Crippen LogP contribution in [0.15, 0.2) is 77.6 Å². The van der Waals surface area contributed by atoms with Crippen molar-refractivity contribution in [3.8, 4) is 11.1 Å². The number of fused-ring (bicyclic) bond motifs is 2. The van der Waals surface area contributed by atoms with Gasteiger partial charge in [0.1, 0.15) is 5.69 Å². The zero-order valence-electron chi connectivity index (χ0n) is 20.7. The molecule has 37 heavy (non-hydrogen) atoms. The summed E-state index contributed by atoms with van der Waals surface area (Å²) in [7, 11) is 1.55. The summed E-state index contributed by atoms with van der Waals surface area (Å²) in [5.74, 6) is -0.984. The minimum absolute atomic E-state index is 0.0938. The van der Waals surface area contributed by atoms with Gasteiger partial charge in [0.25, 0.3) is 11.5 Å². The van der Waals surface area contributed by atoms with Crippen molar-refractivity contribution < 1.29 is 14.3 Å². The first-order valence-electron chi connectivity index (χ1n) is 12.4. The van der Waals surface area contributed by atoms with Crippen LogP contribution in [0.25, 0.3) is 21.9 Å². The van der Waals surface area contributed by atoms with Crippen molar-refractivity contribution in [2.75, 3.05) is 11.4 Å². The summed E-state index contributed by atoms with van der Waals surface area (Å²) in [5.41, 5.74) is 3.01. The van der Waals surface area contributed by atoms with Gasteiger partial charge >= 0.3 is 5.97 Å². The van der Waals surface area contributed by atoms with Crippen LogP contribution in [0.5, 0.6) is 0 Å². The van der Waals surface area contributed by atoms with Crippen LogP contribution in [-0.4, -0.2) is 29.1 Å². The highest BCUT2D eigenvalue weighted by Crippen LogP contribution is 2.33. The van der Waals surface area contributed by atoms with E-state index in [1.807, 2.05) is 43.3 Å². The van der Waals surface area contributed by atoms with E-state index in [0.717, 1.165) is 24.1 Å². The van der Waals surface area contributed by atoms with Crippen LogP contribution in [0, 0.1) is 0 Å². The van der Waals surface area contributed by atoms with Gasteiger partial charge < -0.3 is 14.2 Å². The molecule has 0 radical (unpaired) electrons. The number of para-hydroxylation sites is 1. The summed E-state index contributed by atoms with van der Waals surface area (Å²) in [5, 5.41) is 1.67. The number of hydrogen-bond donors (Lipinski definition) is 0. The zero-order chi connectivity index (χ0) is 26.1. The van der Waals surface area contributed by atoms with Gasteiger partial charge in [-0.05, 0) is 60.0 Å². The number of esters is 1. The molecule has 0 N–H and O–H groups in total. The number of anilines is 1. The molecule has 0 aliphatic carbocycles. The second kappa shape index (κ2) is 10.2. The van der Waals surface area contributed by atoms with Gasteiger partial charge in [0.15, 0.2) is 6.10 Å². The molecule has 1 aromatic heterocycles. The minimum Gasteiger partial charge on any atom is -0.448 e. The first-order chi connectivity index (χ1) is 17.9. The highest BCUT2D eigenvalue weighted by atomic mass is 35.5. The molecule has 1 atom stereocenters. The van der Waals surface area contributed by atoms with Crippen LogP contribution in [0.4, 0.5) is 5.69 Å². The van der Waals surface area contributed by atoms with Crippen LogP contribution in [0.1, 0.15) is 35.8 Å². The summed E-state index contributed by atoms with van der Waals surface area (Å²) < 4.78 is 7.18. The number of halogens is 1. The topological polar surface area (TPSA) is 68.6 Å². The van der Waals surface area contributed by atoms with Crippen molar-refractivity contribution in [3.05, 3.63) is 99.4 Å². The number of carbonyl (C=O) groups excluding carboxylic acids is 2. The molecule has 1 aliphatic heterocycles. The highest BCUT2D eigenvalue weighted by molar-refractivity contribution is 6.30. The molecule has 0 bridgehead atoms. The van der Waals surface area contributed by atoms with Gasteiger partial charge in [-0.1, -0.05) is 67.1 Å². The molecule has 0 saturated carbocycles.